The molecule has 0 bridgehead atoms. The van der Waals surface area contributed by atoms with Gasteiger partial charge in [0.2, 0.25) is 0 Å². The Morgan fingerprint density at radius 3 is 2.44 bits per heavy atom. The monoisotopic (exact) mass is 796 g/mol. The van der Waals surface area contributed by atoms with Crippen molar-refractivity contribution < 1.29 is 39.1 Å². The smallest absolute Gasteiger partial charge is 0.320 e. The van der Waals surface area contributed by atoms with E-state index in [4.69, 9.17) is 25.8 Å². The molecule has 2 fully saturated rings. The molecule has 6 rings (SSSR count). The molecule has 0 amide bonds. The van der Waals surface area contributed by atoms with E-state index in [0.717, 1.165) is 58.4 Å². The lowest BCUT2D eigenvalue weighted by molar-refractivity contribution is -0.150. The number of aliphatic carboxylic acids is 2. The molecular formula is C44H49ClN4O8. The highest BCUT2D eigenvalue weighted by atomic mass is 35.5. The van der Waals surface area contributed by atoms with Gasteiger partial charge in [-0.25, -0.2) is 0 Å². The summed E-state index contributed by atoms with van der Waals surface area (Å²) in [6.45, 7) is 7.21. The highest BCUT2D eigenvalue weighted by Gasteiger charge is 2.44. The number of aromatic nitrogens is 1. The number of hydrogen-bond acceptors (Lipinski definition) is 10. The van der Waals surface area contributed by atoms with Crippen molar-refractivity contribution in [3.63, 3.8) is 0 Å². The SMILES string of the molecule is Cc1c(COc2cc(OCc3cncc(C#N)c3)c(CN3CCCC[C@H]3C(=O)O)cc2Cl)cccc1-c1cccc(OCCCN2CCC(CO)(C(=O)O)C2)c1C. The number of aliphatic hydroxyl groups is 1. The number of hydrogen-bond donors (Lipinski definition) is 3. The van der Waals surface area contributed by atoms with Crippen LogP contribution in [0, 0.1) is 30.6 Å². The average molecular weight is 797 g/mol. The van der Waals surface area contributed by atoms with E-state index < -0.39 is 23.4 Å². The maximum absolute atomic E-state index is 12.1. The van der Waals surface area contributed by atoms with Gasteiger partial charge < -0.3 is 34.4 Å². The average Bonchev–Trinajstić information content (AvgIpc) is 3.65. The van der Waals surface area contributed by atoms with Crippen LogP contribution in [0.1, 0.15) is 65.5 Å². The number of likely N-dealkylation sites (tertiary alicyclic amines) is 2. The van der Waals surface area contributed by atoms with Gasteiger partial charge in [0, 0.05) is 49.2 Å². The lowest BCUT2D eigenvalue weighted by atomic mass is 9.88. The predicted molar refractivity (Wildman–Crippen MR) is 214 cm³/mol. The van der Waals surface area contributed by atoms with Crippen molar-refractivity contribution >= 4 is 23.5 Å². The Labute approximate surface area is 338 Å². The first-order valence-electron chi connectivity index (χ1n) is 19.3. The fourth-order valence-electron chi connectivity index (χ4n) is 7.75. The van der Waals surface area contributed by atoms with Gasteiger partial charge >= 0.3 is 11.9 Å². The maximum Gasteiger partial charge on any atom is 0.320 e. The molecule has 0 aliphatic carbocycles. The minimum atomic E-state index is -1.08. The lowest BCUT2D eigenvalue weighted by Crippen LogP contribution is -2.44. The quantitative estimate of drug-likeness (QED) is 0.0937. The summed E-state index contributed by atoms with van der Waals surface area (Å²) < 4.78 is 18.9. The van der Waals surface area contributed by atoms with Crippen LogP contribution in [0.25, 0.3) is 11.1 Å². The number of carboxylic acids is 2. The molecule has 3 N–H and O–H groups in total. The molecule has 2 aliphatic rings. The molecule has 0 spiro atoms. The first-order chi connectivity index (χ1) is 27.5. The van der Waals surface area contributed by atoms with Gasteiger partial charge in [0.25, 0.3) is 0 Å². The lowest BCUT2D eigenvalue weighted by Gasteiger charge is -2.33. The summed E-state index contributed by atoms with van der Waals surface area (Å²) in [4.78, 5) is 31.9. The second-order valence-corrected chi connectivity index (χ2v) is 15.4. The number of aliphatic hydroxyl groups excluding tert-OH is 1. The Kier molecular flexibility index (Phi) is 13.7. The topological polar surface area (TPSA) is 166 Å². The number of nitriles is 1. The third-order valence-corrected chi connectivity index (χ3v) is 11.5. The molecule has 300 valence electrons. The van der Waals surface area contributed by atoms with E-state index in [0.29, 0.717) is 79.8 Å². The van der Waals surface area contributed by atoms with Gasteiger partial charge in [0.15, 0.2) is 0 Å². The molecule has 3 heterocycles. The van der Waals surface area contributed by atoms with Crippen LogP contribution < -0.4 is 14.2 Å². The number of carboxylic acid groups (broad SMARTS) is 2. The van der Waals surface area contributed by atoms with E-state index in [2.05, 4.69) is 35.0 Å². The first-order valence-corrected chi connectivity index (χ1v) is 19.7. The van der Waals surface area contributed by atoms with Crippen LogP contribution in [-0.2, 0) is 29.3 Å². The highest BCUT2D eigenvalue weighted by molar-refractivity contribution is 6.32. The fourth-order valence-corrected chi connectivity index (χ4v) is 7.99. The zero-order valence-corrected chi connectivity index (χ0v) is 33.1. The van der Waals surface area contributed by atoms with Gasteiger partial charge in [-0.15, -0.1) is 0 Å². The van der Waals surface area contributed by atoms with E-state index in [9.17, 15) is 30.2 Å². The van der Waals surface area contributed by atoms with Crippen molar-refractivity contribution in [1.82, 2.24) is 14.8 Å². The maximum atomic E-state index is 12.1. The molecule has 1 aromatic heterocycles. The van der Waals surface area contributed by atoms with Crippen molar-refractivity contribution in [2.24, 2.45) is 5.41 Å². The van der Waals surface area contributed by atoms with Crippen molar-refractivity contribution in [2.45, 2.75) is 71.8 Å². The Bertz CT molecular complexity index is 2120. The van der Waals surface area contributed by atoms with E-state index >= 15 is 0 Å². The molecular weight excluding hydrogens is 748 g/mol. The Balaban J connectivity index is 1.15. The van der Waals surface area contributed by atoms with Gasteiger partial charge in [-0.2, -0.15) is 5.26 Å². The van der Waals surface area contributed by atoms with Crippen molar-refractivity contribution in [1.29, 1.82) is 5.26 Å². The minimum Gasteiger partial charge on any atom is -0.493 e. The molecule has 12 nitrogen and oxygen atoms in total. The Morgan fingerprint density at radius 2 is 1.70 bits per heavy atom. The molecule has 57 heavy (non-hydrogen) atoms. The fraction of sp³-hybridized carbons (Fsp3) is 0.409. The third kappa shape index (κ3) is 9.86. The number of halogens is 1. The molecule has 0 radical (unpaired) electrons. The molecule has 2 atom stereocenters. The number of ether oxygens (including phenoxy) is 3. The molecule has 4 aromatic rings. The standard InChI is InChI=1S/C44H49ClN4O8/c1-29-33(8-5-9-35(29)36-10-6-12-39(30(36)2)55-17-7-14-48-16-13-44(27-48,28-50)43(53)54)26-57-41-20-40(56-25-32-18-31(21-46)22-47-23-32)34(19-37(41)45)24-49-15-4-3-11-38(49)42(51)52/h5-6,8-10,12,18-20,22-23,38,50H,3-4,7,11,13-17,24-28H2,1-2H3,(H,51,52)(H,53,54)/t38-,44?/m0/s1. The second-order valence-electron chi connectivity index (χ2n) is 15.0. The van der Waals surface area contributed by atoms with Crippen LogP contribution in [-0.4, -0.2) is 87.5 Å². The number of pyridine rings is 1. The van der Waals surface area contributed by atoms with Crippen LogP contribution in [0.4, 0.5) is 0 Å². The zero-order valence-electron chi connectivity index (χ0n) is 32.4. The molecule has 0 saturated carbocycles. The summed E-state index contributed by atoms with van der Waals surface area (Å²) >= 11 is 6.86. The molecule has 13 heteroatoms. The summed E-state index contributed by atoms with van der Waals surface area (Å²) in [5.74, 6) is -0.0972. The summed E-state index contributed by atoms with van der Waals surface area (Å²) in [6.07, 6.45) is 6.62. The van der Waals surface area contributed by atoms with Crippen LogP contribution in [0.5, 0.6) is 17.2 Å². The van der Waals surface area contributed by atoms with Crippen molar-refractivity contribution in [3.05, 3.63) is 105 Å². The predicted octanol–water partition coefficient (Wildman–Crippen LogP) is 7.03. The highest BCUT2D eigenvalue weighted by Crippen LogP contribution is 2.38. The number of benzene rings is 3. The number of carbonyl (C=O) groups is 2. The molecule has 3 aromatic carbocycles. The van der Waals surface area contributed by atoms with Crippen LogP contribution in [0.15, 0.2) is 67.0 Å². The van der Waals surface area contributed by atoms with E-state index in [1.807, 2.05) is 36.1 Å². The van der Waals surface area contributed by atoms with Crippen molar-refractivity contribution in [3.8, 4) is 34.4 Å². The number of nitrogens with zero attached hydrogens (tertiary/aromatic N) is 4. The molecule has 2 saturated heterocycles. The number of rotatable bonds is 17. The zero-order chi connectivity index (χ0) is 40.5. The third-order valence-electron chi connectivity index (χ3n) is 11.2. The Morgan fingerprint density at radius 1 is 0.930 bits per heavy atom. The summed E-state index contributed by atoms with van der Waals surface area (Å²) in [5, 5.41) is 38.9. The van der Waals surface area contributed by atoms with Gasteiger partial charge in [0.1, 0.15) is 48.0 Å². The van der Waals surface area contributed by atoms with Gasteiger partial charge in [-0.1, -0.05) is 48.4 Å². The second kappa shape index (κ2) is 18.8. The van der Waals surface area contributed by atoms with Gasteiger partial charge in [-0.05, 0) is 98.6 Å². The molecule has 1 unspecified atom stereocenters. The van der Waals surface area contributed by atoms with Crippen molar-refractivity contribution in [2.75, 3.05) is 39.4 Å². The van der Waals surface area contributed by atoms with Crippen LogP contribution >= 0.6 is 11.6 Å². The summed E-state index contributed by atoms with van der Waals surface area (Å²) in [7, 11) is 0. The largest absolute Gasteiger partial charge is 0.493 e. The molecule has 2 aliphatic heterocycles. The van der Waals surface area contributed by atoms with E-state index in [1.54, 1.807) is 24.4 Å². The first kappa shape index (κ1) is 41.4. The summed E-state index contributed by atoms with van der Waals surface area (Å²) in [5.41, 5.74) is 5.86. The normalized spacial score (nSPS) is 18.5. The number of piperidine rings is 1. The van der Waals surface area contributed by atoms with Gasteiger partial charge in [0.05, 0.1) is 23.8 Å². The van der Waals surface area contributed by atoms with E-state index in [-0.39, 0.29) is 19.8 Å². The van der Waals surface area contributed by atoms with Crippen LogP contribution in [0.3, 0.4) is 0 Å². The summed E-state index contributed by atoms with van der Waals surface area (Å²) in [6, 6.07) is 18.8. The Hall–Kier alpha value is -5.19. The van der Waals surface area contributed by atoms with E-state index in [1.165, 1.54) is 6.20 Å². The minimum absolute atomic E-state index is 0.138. The van der Waals surface area contributed by atoms with Crippen LogP contribution in [0.2, 0.25) is 5.02 Å². The van der Waals surface area contributed by atoms with Gasteiger partial charge in [-0.3, -0.25) is 19.5 Å².